The van der Waals surface area contributed by atoms with Crippen LogP contribution in [-0.2, 0) is 12.4 Å². The van der Waals surface area contributed by atoms with Crippen molar-refractivity contribution in [2.75, 3.05) is 26.6 Å². The Balaban J connectivity index is 0.000000174. The molecule has 0 spiro atoms. The molecule has 0 heterocycles. The maximum Gasteiger partial charge on any atom is 0.416 e. The first kappa shape index (κ1) is 110. The molecule has 146 heavy (non-hydrogen) atoms. The van der Waals surface area contributed by atoms with Gasteiger partial charge in [0.1, 0.15) is 120 Å². The van der Waals surface area contributed by atoms with Crippen LogP contribution in [-0.4, -0.2) is 39.4 Å². The zero-order chi connectivity index (χ0) is 106. The highest BCUT2D eigenvalue weighted by molar-refractivity contribution is 6.34. The van der Waals surface area contributed by atoms with Crippen molar-refractivity contribution in [3.05, 3.63) is 451 Å². The number of nitro groups is 2. The Morgan fingerprint density at radius 1 is 0.288 bits per heavy atom. The van der Waals surface area contributed by atoms with Crippen LogP contribution in [0.3, 0.4) is 0 Å². The number of nitrogens with zero attached hydrogens (tertiary/aromatic N) is 2. The number of alkyl halides is 6. The van der Waals surface area contributed by atoms with Gasteiger partial charge in [-0.25, -0.2) is 26.3 Å². The fourth-order valence-corrected chi connectivity index (χ4v) is 14.0. The molecule has 15 aromatic rings. The molecule has 0 aliphatic heterocycles. The minimum atomic E-state index is -4.68. The zero-order valence-corrected chi connectivity index (χ0v) is 81.1. The van der Waals surface area contributed by atoms with Crippen LogP contribution in [0, 0.1) is 82.8 Å². The molecule has 0 aromatic heterocycles. The number of anilines is 5. The first-order valence-electron chi connectivity index (χ1n) is 44.2. The minimum Gasteiger partial charge on any atom is -0.457 e. The molecule has 0 bridgehead atoms. The highest BCUT2D eigenvalue weighted by Gasteiger charge is 2.34. The van der Waals surface area contributed by atoms with Gasteiger partial charge in [-0.2, -0.15) is 26.3 Å². The first-order valence-corrected chi connectivity index (χ1v) is 45.3. The van der Waals surface area contributed by atoms with Crippen LogP contribution < -0.4 is 50.3 Å². The molecular weight excluding hydrogens is 1980 g/mol. The minimum absolute atomic E-state index is 0.109. The average Bonchev–Trinajstić information content (AvgIpc) is 0.648. The largest absolute Gasteiger partial charge is 0.457 e. The van der Waals surface area contributed by atoms with Gasteiger partial charge in [-0.1, -0.05) is 161 Å². The summed E-state index contributed by atoms with van der Waals surface area (Å²) in [6, 6.07) is 73.7. The van der Waals surface area contributed by atoms with Gasteiger partial charge < -0.3 is 50.3 Å². The average molecular weight is 2070 g/mol. The number of benzene rings is 15. The molecule has 0 radical (unpaired) electrons. The van der Waals surface area contributed by atoms with Crippen molar-refractivity contribution in [3.8, 4) is 57.5 Å². The van der Waals surface area contributed by atoms with E-state index >= 15 is 0 Å². The highest BCUT2D eigenvalue weighted by atomic mass is 35.5. The van der Waals surface area contributed by atoms with Gasteiger partial charge in [0.15, 0.2) is 0 Å². The number of amides is 5. The molecule has 0 aliphatic rings. The first-order chi connectivity index (χ1) is 69.2. The molecule has 15 rings (SSSR count). The molecule has 36 heteroatoms. The topological polar surface area (TPSA) is 278 Å². The summed E-state index contributed by atoms with van der Waals surface area (Å²) in [7, 11) is 0. The molecule has 0 saturated heterocycles. The van der Waals surface area contributed by atoms with Crippen molar-refractivity contribution in [2.45, 2.75) is 99.3 Å². The number of nitro benzene ring substituents is 2. The van der Waals surface area contributed by atoms with Gasteiger partial charge in [0.2, 0.25) is 0 Å². The van der Waals surface area contributed by atoms with Crippen LogP contribution in [0.5, 0.6) is 57.5 Å². The number of hydrogen-bond donors (Lipinski definition) is 5. The predicted molar refractivity (Wildman–Crippen MR) is 536 cm³/mol. The van der Waals surface area contributed by atoms with Crippen molar-refractivity contribution in [2.24, 2.45) is 0 Å². The number of hydrogen-bond acceptors (Lipinski definition) is 14. The Bertz CT molecular complexity index is 6920. The maximum atomic E-state index is 13.8. The summed E-state index contributed by atoms with van der Waals surface area (Å²) >= 11 is 17.8. The third kappa shape index (κ3) is 30.1. The molecule has 5 N–H and O–H groups in total. The number of carbonyl (C=O) groups excluding carboxylic acids is 5. The standard InChI is InChI=1S/C24H25NO2.C23H22ClNO2.C23H21F2NO2.2C20H10ClF5N2O4/c1-16(2)19-10-9-18(4)23(15-19)27-21-13-11-20(12-14-21)25-24(26)22-8-6-5-7-17(22)3;1-15(2)17-9-8-16(3)22(14-17)27-19-12-10-18(11-13-19)25-23(26)20-6-4-5-7-21(20)24;1-14(2)16-8-7-15(3)21(13-16)28-18-11-9-17(10-12-18)26-23(27)22-19(24)5-4-6-20(22)25;2*21-12-6-4-10(20(24,25)26)8-17(12)32-11-5-7-15(16(9-11)28(30)31)27-19(29)18-13(22)2-1-3-14(18)23/h5-16H,1-4H3,(H,25,26);4-15H,1-3H3,(H,25,26);4-14H,1-3H3,(H,26,27);2*1-9H,(H,27,29). The van der Waals surface area contributed by atoms with E-state index in [0.29, 0.717) is 63.2 Å². The van der Waals surface area contributed by atoms with E-state index in [2.05, 4.69) is 100.0 Å². The summed E-state index contributed by atoms with van der Waals surface area (Å²) in [5.74, 6) is -5.84. The SMILES string of the molecule is Cc1ccc(C(C)C)cc1Oc1ccc(NC(=O)c2c(F)cccc2F)cc1.Cc1ccc(C(C)C)cc1Oc1ccc(NC(=O)c2ccccc2C)cc1.Cc1ccc(C(C)C)cc1Oc1ccc(NC(=O)c2ccccc2Cl)cc1.O=C(Nc1ccc(Oc2cc(C(F)(F)F)ccc2Cl)cc1[N+](=O)[O-])c1c(F)cccc1F.O=C(Nc1ccc(Oc2cc(C(F)(F)F)ccc2Cl)cc1[N+](=O)[O-])c1c(F)cccc1F. The second-order valence-electron chi connectivity index (χ2n) is 33.1. The molecular formula is C110H88Cl3F12N7O14. The lowest BCUT2D eigenvalue weighted by atomic mass is 10.0. The third-order valence-corrected chi connectivity index (χ3v) is 22.5. The maximum absolute atomic E-state index is 13.8. The van der Waals surface area contributed by atoms with Crippen molar-refractivity contribution < 1.29 is 110 Å². The molecule has 0 saturated carbocycles. The Kier molecular flexibility index (Phi) is 37.2. The van der Waals surface area contributed by atoms with Crippen molar-refractivity contribution in [1.29, 1.82) is 0 Å². The van der Waals surface area contributed by atoms with E-state index in [9.17, 15) is 96.9 Å². The molecule has 0 atom stereocenters. The van der Waals surface area contributed by atoms with Crippen LogP contribution in [0.15, 0.2) is 303 Å². The normalized spacial score (nSPS) is 10.9. The predicted octanol–water partition coefficient (Wildman–Crippen LogP) is 32.9. The summed E-state index contributed by atoms with van der Waals surface area (Å²) in [6.45, 7) is 20.8. The van der Waals surface area contributed by atoms with Gasteiger partial charge in [-0.05, 0) is 291 Å². The van der Waals surface area contributed by atoms with E-state index in [1.54, 1.807) is 48.5 Å². The molecule has 5 amide bonds. The Morgan fingerprint density at radius 3 is 0.870 bits per heavy atom. The van der Waals surface area contributed by atoms with Gasteiger partial charge in [0.05, 0.1) is 53.7 Å². The second kappa shape index (κ2) is 49.5. The number of aryl methyl sites for hydroxylation is 4. The Morgan fingerprint density at radius 2 is 0.568 bits per heavy atom. The van der Waals surface area contributed by atoms with Crippen LogP contribution >= 0.6 is 34.8 Å². The van der Waals surface area contributed by atoms with Gasteiger partial charge >= 0.3 is 12.4 Å². The number of carbonyl (C=O) groups is 5. The fraction of sp³-hybridized carbons (Fsp3) is 0.136. The molecule has 0 aliphatic carbocycles. The summed E-state index contributed by atoms with van der Waals surface area (Å²) in [4.78, 5) is 82.3. The molecule has 752 valence electrons. The van der Waals surface area contributed by atoms with Crippen LogP contribution in [0.2, 0.25) is 15.1 Å². The summed E-state index contributed by atoms with van der Waals surface area (Å²) in [5, 5.41) is 35.2. The molecule has 21 nitrogen and oxygen atoms in total. The van der Waals surface area contributed by atoms with Crippen molar-refractivity contribution >= 4 is 104 Å². The van der Waals surface area contributed by atoms with E-state index in [1.165, 1.54) is 22.8 Å². The molecule has 0 unspecified atom stereocenters. The summed E-state index contributed by atoms with van der Waals surface area (Å²) in [5.41, 5.74) is 3.81. The Hall–Kier alpha value is -16.5. The molecule has 0 fully saturated rings. The summed E-state index contributed by atoms with van der Waals surface area (Å²) in [6.07, 6.45) is -9.35. The third-order valence-electron chi connectivity index (χ3n) is 21.5. The molecule has 15 aromatic carbocycles. The van der Waals surface area contributed by atoms with E-state index < -0.39 is 137 Å². The van der Waals surface area contributed by atoms with Gasteiger partial charge in [0.25, 0.3) is 40.9 Å². The van der Waals surface area contributed by atoms with Crippen molar-refractivity contribution in [3.63, 3.8) is 0 Å². The number of nitrogens with one attached hydrogen (secondary N) is 5. The quantitative estimate of drug-likeness (QED) is 0.0202. The van der Waals surface area contributed by atoms with Gasteiger partial charge in [-0.3, -0.25) is 44.2 Å². The second-order valence-corrected chi connectivity index (χ2v) is 34.4. The Labute approximate surface area is 844 Å². The lowest BCUT2D eigenvalue weighted by Gasteiger charge is -2.13. The highest BCUT2D eigenvalue weighted by Crippen LogP contribution is 2.43. The number of rotatable bonds is 25. The number of ether oxygens (including phenoxy) is 5. The van der Waals surface area contributed by atoms with Crippen LogP contribution in [0.4, 0.5) is 92.5 Å². The zero-order valence-electron chi connectivity index (χ0n) is 78.9. The van der Waals surface area contributed by atoms with E-state index in [0.717, 1.165) is 166 Å². The fourth-order valence-electron chi connectivity index (χ4n) is 13.5. The van der Waals surface area contributed by atoms with Crippen molar-refractivity contribution in [1.82, 2.24) is 0 Å². The van der Waals surface area contributed by atoms with E-state index in [1.807, 2.05) is 123 Å². The van der Waals surface area contributed by atoms with E-state index in [4.69, 9.17) is 58.5 Å². The van der Waals surface area contributed by atoms with Gasteiger partial charge in [0, 0.05) is 22.6 Å². The van der Waals surface area contributed by atoms with E-state index in [-0.39, 0.29) is 33.4 Å². The monoisotopic (exact) mass is 2060 g/mol. The summed E-state index contributed by atoms with van der Waals surface area (Å²) < 4.78 is 188. The van der Waals surface area contributed by atoms with Crippen LogP contribution in [0.25, 0.3) is 0 Å². The lowest BCUT2D eigenvalue weighted by Crippen LogP contribution is -2.16. The smallest absolute Gasteiger partial charge is 0.416 e. The van der Waals surface area contributed by atoms with Crippen LogP contribution in [0.1, 0.15) is 161 Å². The van der Waals surface area contributed by atoms with Gasteiger partial charge in [-0.15, -0.1) is 0 Å². The lowest BCUT2D eigenvalue weighted by molar-refractivity contribution is -0.384. The number of halogens is 15.